The summed E-state index contributed by atoms with van der Waals surface area (Å²) in [6.45, 7) is 6.11. The van der Waals surface area contributed by atoms with Crippen molar-refractivity contribution in [1.82, 2.24) is 9.78 Å². The van der Waals surface area contributed by atoms with E-state index < -0.39 is 0 Å². The molecule has 1 aromatic heterocycles. The molecule has 2 aromatic rings. The molecule has 0 saturated carbocycles. The highest BCUT2D eigenvalue weighted by Gasteiger charge is 2.19. The van der Waals surface area contributed by atoms with Crippen molar-refractivity contribution < 1.29 is 0 Å². The second-order valence-corrected chi connectivity index (χ2v) is 6.10. The predicted octanol–water partition coefficient (Wildman–Crippen LogP) is 2.70. The lowest BCUT2D eigenvalue weighted by Crippen LogP contribution is -2.29. The van der Waals surface area contributed by atoms with Gasteiger partial charge in [-0.25, -0.2) is 0 Å². The van der Waals surface area contributed by atoms with Crippen LogP contribution in [0.25, 0.3) is 0 Å². The molecular weight excluding hydrogens is 260 g/mol. The largest absolute Gasteiger partial charge is 0.365 e. The Balaban J connectivity index is 1.88. The molecule has 0 radical (unpaired) electrons. The Labute approximate surface area is 126 Å². The van der Waals surface area contributed by atoms with E-state index in [9.17, 15) is 0 Å². The molecule has 1 unspecified atom stereocenters. The Morgan fingerprint density at radius 3 is 2.81 bits per heavy atom. The summed E-state index contributed by atoms with van der Waals surface area (Å²) in [6.07, 6.45) is 2.35. The highest BCUT2D eigenvalue weighted by Crippen LogP contribution is 2.30. The SMILES string of the molecule is Cc1cc(CN2CCCc3cc(C(C)N)ccc32)n(C)n1. The molecule has 0 fully saturated rings. The van der Waals surface area contributed by atoms with Crippen LogP contribution in [0.1, 0.15) is 41.9 Å². The van der Waals surface area contributed by atoms with Crippen LogP contribution >= 0.6 is 0 Å². The molecule has 112 valence electrons. The summed E-state index contributed by atoms with van der Waals surface area (Å²) in [5.74, 6) is 0. The average molecular weight is 284 g/mol. The lowest BCUT2D eigenvalue weighted by molar-refractivity contribution is 0.642. The topological polar surface area (TPSA) is 47.1 Å². The van der Waals surface area contributed by atoms with Crippen LogP contribution in [0.2, 0.25) is 0 Å². The molecule has 0 bridgehead atoms. The van der Waals surface area contributed by atoms with Gasteiger partial charge < -0.3 is 10.6 Å². The second-order valence-electron chi connectivity index (χ2n) is 6.10. The van der Waals surface area contributed by atoms with Crippen molar-refractivity contribution in [2.75, 3.05) is 11.4 Å². The van der Waals surface area contributed by atoms with Crippen LogP contribution in [0.15, 0.2) is 24.3 Å². The summed E-state index contributed by atoms with van der Waals surface area (Å²) < 4.78 is 1.99. The summed E-state index contributed by atoms with van der Waals surface area (Å²) in [7, 11) is 2.02. The predicted molar refractivity (Wildman–Crippen MR) is 86.4 cm³/mol. The number of aryl methyl sites for hydroxylation is 3. The molecule has 21 heavy (non-hydrogen) atoms. The van der Waals surface area contributed by atoms with Gasteiger partial charge >= 0.3 is 0 Å². The quantitative estimate of drug-likeness (QED) is 0.942. The maximum atomic E-state index is 6.00. The van der Waals surface area contributed by atoms with Gasteiger partial charge in [-0.05, 0) is 49.9 Å². The number of benzene rings is 1. The zero-order chi connectivity index (χ0) is 15.0. The minimum absolute atomic E-state index is 0.102. The van der Waals surface area contributed by atoms with Gasteiger partial charge in [-0.1, -0.05) is 12.1 Å². The fraction of sp³-hybridized carbons (Fsp3) is 0.471. The Bertz CT molecular complexity index is 642. The first-order valence-electron chi connectivity index (χ1n) is 7.67. The van der Waals surface area contributed by atoms with Crippen LogP contribution in [-0.2, 0) is 20.0 Å². The first-order chi connectivity index (χ1) is 10.0. The van der Waals surface area contributed by atoms with E-state index in [0.717, 1.165) is 25.2 Å². The molecule has 1 aromatic carbocycles. The van der Waals surface area contributed by atoms with Crippen LogP contribution in [0.5, 0.6) is 0 Å². The van der Waals surface area contributed by atoms with Gasteiger partial charge in [0, 0.05) is 25.3 Å². The third kappa shape index (κ3) is 2.81. The first-order valence-corrected chi connectivity index (χ1v) is 7.67. The van der Waals surface area contributed by atoms with Crippen molar-refractivity contribution in [3.05, 3.63) is 46.8 Å². The van der Waals surface area contributed by atoms with Crippen molar-refractivity contribution in [3.8, 4) is 0 Å². The van der Waals surface area contributed by atoms with E-state index in [0.29, 0.717) is 0 Å². The Morgan fingerprint density at radius 1 is 1.33 bits per heavy atom. The molecule has 1 aliphatic rings. The summed E-state index contributed by atoms with van der Waals surface area (Å²) in [5.41, 5.74) is 12.3. The van der Waals surface area contributed by atoms with Crippen LogP contribution < -0.4 is 10.6 Å². The monoisotopic (exact) mass is 284 g/mol. The van der Waals surface area contributed by atoms with Crippen LogP contribution in [0.3, 0.4) is 0 Å². The fourth-order valence-corrected chi connectivity index (χ4v) is 3.15. The fourth-order valence-electron chi connectivity index (χ4n) is 3.15. The Hall–Kier alpha value is -1.81. The van der Waals surface area contributed by atoms with Crippen LogP contribution in [0, 0.1) is 6.92 Å². The lowest BCUT2D eigenvalue weighted by atomic mass is 9.97. The zero-order valence-electron chi connectivity index (χ0n) is 13.1. The number of hydrogen-bond donors (Lipinski definition) is 1. The smallest absolute Gasteiger partial charge is 0.0599 e. The molecule has 3 rings (SSSR count). The Morgan fingerprint density at radius 2 is 2.14 bits per heavy atom. The van der Waals surface area contributed by atoms with E-state index >= 15 is 0 Å². The van der Waals surface area contributed by atoms with E-state index in [2.05, 4.69) is 34.3 Å². The maximum absolute atomic E-state index is 6.00. The van der Waals surface area contributed by atoms with E-state index in [1.807, 2.05) is 25.6 Å². The molecule has 4 nitrogen and oxygen atoms in total. The molecule has 2 heterocycles. The van der Waals surface area contributed by atoms with Crippen molar-refractivity contribution in [2.45, 2.75) is 39.3 Å². The standard InChI is InChI=1S/C17H24N4/c1-12-9-16(20(3)19-12)11-21-8-4-5-15-10-14(13(2)18)6-7-17(15)21/h6-7,9-10,13H,4-5,8,11,18H2,1-3H3. The van der Waals surface area contributed by atoms with Gasteiger partial charge in [-0.3, -0.25) is 4.68 Å². The summed E-state index contributed by atoms with van der Waals surface area (Å²) in [6, 6.07) is 8.95. The van der Waals surface area contributed by atoms with E-state index in [1.165, 1.54) is 28.9 Å². The number of hydrogen-bond acceptors (Lipinski definition) is 3. The molecule has 1 atom stereocenters. The lowest BCUT2D eigenvalue weighted by Gasteiger charge is -2.32. The van der Waals surface area contributed by atoms with E-state index in [-0.39, 0.29) is 6.04 Å². The molecule has 1 aliphatic heterocycles. The molecule has 2 N–H and O–H groups in total. The molecule has 4 heteroatoms. The summed E-state index contributed by atoms with van der Waals surface area (Å²) in [4.78, 5) is 2.46. The van der Waals surface area contributed by atoms with Crippen molar-refractivity contribution in [2.24, 2.45) is 12.8 Å². The number of anilines is 1. The number of rotatable bonds is 3. The van der Waals surface area contributed by atoms with Gasteiger partial charge in [-0.15, -0.1) is 0 Å². The van der Waals surface area contributed by atoms with Crippen LogP contribution in [-0.4, -0.2) is 16.3 Å². The van der Waals surface area contributed by atoms with Crippen molar-refractivity contribution in [3.63, 3.8) is 0 Å². The van der Waals surface area contributed by atoms with Gasteiger partial charge in [0.05, 0.1) is 17.9 Å². The number of fused-ring (bicyclic) bond motifs is 1. The summed E-state index contributed by atoms with van der Waals surface area (Å²) >= 11 is 0. The number of nitrogens with two attached hydrogens (primary N) is 1. The first kappa shape index (κ1) is 14.1. The van der Waals surface area contributed by atoms with Gasteiger partial charge in [0.25, 0.3) is 0 Å². The highest BCUT2D eigenvalue weighted by molar-refractivity contribution is 5.57. The van der Waals surface area contributed by atoms with E-state index in [1.54, 1.807) is 0 Å². The third-order valence-corrected chi connectivity index (χ3v) is 4.30. The minimum atomic E-state index is 0.102. The Kier molecular flexibility index (Phi) is 3.72. The van der Waals surface area contributed by atoms with Crippen molar-refractivity contribution >= 4 is 5.69 Å². The minimum Gasteiger partial charge on any atom is -0.365 e. The van der Waals surface area contributed by atoms with Crippen LogP contribution in [0.4, 0.5) is 5.69 Å². The van der Waals surface area contributed by atoms with E-state index in [4.69, 9.17) is 5.73 Å². The number of nitrogens with zero attached hydrogens (tertiary/aromatic N) is 3. The molecule has 0 spiro atoms. The van der Waals surface area contributed by atoms with Gasteiger partial charge in [-0.2, -0.15) is 5.10 Å². The summed E-state index contributed by atoms with van der Waals surface area (Å²) in [5, 5.41) is 4.44. The third-order valence-electron chi connectivity index (χ3n) is 4.30. The van der Waals surface area contributed by atoms with Crippen molar-refractivity contribution in [1.29, 1.82) is 0 Å². The van der Waals surface area contributed by atoms with Gasteiger partial charge in [0.1, 0.15) is 0 Å². The normalized spacial score (nSPS) is 15.9. The average Bonchev–Trinajstić information content (AvgIpc) is 2.76. The molecular formula is C17H24N4. The molecule has 0 aliphatic carbocycles. The molecule has 0 amide bonds. The van der Waals surface area contributed by atoms with Gasteiger partial charge in [0.15, 0.2) is 0 Å². The maximum Gasteiger partial charge on any atom is 0.0599 e. The molecule has 0 saturated heterocycles. The second kappa shape index (κ2) is 5.53. The highest BCUT2D eigenvalue weighted by atomic mass is 15.3. The number of aromatic nitrogens is 2. The zero-order valence-corrected chi connectivity index (χ0v) is 13.1. The van der Waals surface area contributed by atoms with Gasteiger partial charge in [0.2, 0.25) is 0 Å².